The number of hydrogen-bond acceptors (Lipinski definition) is 3. The summed E-state index contributed by atoms with van der Waals surface area (Å²) in [6, 6.07) is 4.92. The fraction of sp³-hybridized carbons (Fsp3) is 0.385. The van der Waals surface area contributed by atoms with Crippen LogP contribution in [0.15, 0.2) is 18.2 Å². The molecule has 0 saturated carbocycles. The SMILES string of the molecule is CN1C(=O)CC(NCCc2ccc(Cl)cc2Cl)C1=O. The van der Waals surface area contributed by atoms with Crippen molar-refractivity contribution >= 4 is 35.0 Å². The Morgan fingerprint density at radius 2 is 2.11 bits per heavy atom. The van der Waals surface area contributed by atoms with Gasteiger partial charge in [0.05, 0.1) is 12.5 Å². The number of nitrogens with zero attached hydrogens (tertiary/aromatic N) is 1. The second-order valence-electron chi connectivity index (χ2n) is 4.49. The Bertz CT molecular complexity index is 519. The topological polar surface area (TPSA) is 49.4 Å². The zero-order chi connectivity index (χ0) is 14.0. The van der Waals surface area contributed by atoms with E-state index in [1.807, 2.05) is 6.07 Å². The molecule has 1 unspecified atom stereocenters. The van der Waals surface area contributed by atoms with Crippen molar-refractivity contribution in [3.63, 3.8) is 0 Å². The number of hydrogen-bond donors (Lipinski definition) is 1. The lowest BCUT2D eigenvalue weighted by Gasteiger charge is -2.11. The molecule has 0 aliphatic carbocycles. The highest BCUT2D eigenvalue weighted by Crippen LogP contribution is 2.21. The van der Waals surface area contributed by atoms with Crippen LogP contribution in [0.2, 0.25) is 10.0 Å². The van der Waals surface area contributed by atoms with Crippen LogP contribution in [0.25, 0.3) is 0 Å². The van der Waals surface area contributed by atoms with E-state index in [4.69, 9.17) is 23.2 Å². The van der Waals surface area contributed by atoms with Crippen molar-refractivity contribution in [1.29, 1.82) is 0 Å². The second-order valence-corrected chi connectivity index (χ2v) is 5.33. The van der Waals surface area contributed by atoms with Gasteiger partial charge in [-0.05, 0) is 30.7 Å². The van der Waals surface area contributed by atoms with Crippen LogP contribution < -0.4 is 5.32 Å². The lowest BCUT2D eigenvalue weighted by molar-refractivity contribution is -0.137. The van der Waals surface area contributed by atoms with Crippen LogP contribution in [-0.4, -0.2) is 36.3 Å². The van der Waals surface area contributed by atoms with Crippen molar-refractivity contribution in [2.75, 3.05) is 13.6 Å². The smallest absolute Gasteiger partial charge is 0.246 e. The molecule has 2 rings (SSSR count). The van der Waals surface area contributed by atoms with Crippen LogP contribution in [0.5, 0.6) is 0 Å². The third-order valence-electron chi connectivity index (χ3n) is 3.18. The van der Waals surface area contributed by atoms with E-state index in [1.54, 1.807) is 12.1 Å². The molecule has 1 aromatic rings. The maximum absolute atomic E-state index is 11.7. The molecule has 102 valence electrons. The molecule has 1 saturated heterocycles. The van der Waals surface area contributed by atoms with Gasteiger partial charge >= 0.3 is 0 Å². The molecule has 19 heavy (non-hydrogen) atoms. The van der Waals surface area contributed by atoms with Gasteiger partial charge in [0.2, 0.25) is 11.8 Å². The summed E-state index contributed by atoms with van der Waals surface area (Å²) in [6.07, 6.45) is 0.904. The number of imide groups is 1. The summed E-state index contributed by atoms with van der Waals surface area (Å²) in [5.74, 6) is -0.320. The van der Waals surface area contributed by atoms with Crippen molar-refractivity contribution < 1.29 is 9.59 Å². The van der Waals surface area contributed by atoms with Crippen LogP contribution in [-0.2, 0) is 16.0 Å². The summed E-state index contributed by atoms with van der Waals surface area (Å²) in [4.78, 5) is 24.2. The summed E-state index contributed by atoms with van der Waals surface area (Å²) in [7, 11) is 1.50. The molecule has 0 aromatic heterocycles. The Balaban J connectivity index is 1.87. The first-order valence-corrected chi connectivity index (χ1v) is 6.72. The van der Waals surface area contributed by atoms with E-state index < -0.39 is 6.04 Å². The quantitative estimate of drug-likeness (QED) is 0.864. The van der Waals surface area contributed by atoms with Gasteiger partial charge in [-0.3, -0.25) is 14.5 Å². The Morgan fingerprint density at radius 3 is 2.68 bits per heavy atom. The standard InChI is InChI=1S/C13H14Cl2N2O2/c1-17-12(18)7-11(13(17)19)16-5-4-8-2-3-9(14)6-10(8)15/h2-3,6,11,16H,4-5,7H2,1H3. The lowest BCUT2D eigenvalue weighted by Crippen LogP contribution is -2.38. The summed E-state index contributed by atoms with van der Waals surface area (Å²) in [6.45, 7) is 0.582. The van der Waals surface area contributed by atoms with Crippen LogP contribution in [0.3, 0.4) is 0 Å². The molecule has 6 heteroatoms. The fourth-order valence-electron chi connectivity index (χ4n) is 2.02. The zero-order valence-electron chi connectivity index (χ0n) is 10.5. The molecular formula is C13H14Cl2N2O2. The molecule has 0 bridgehead atoms. The summed E-state index contributed by atoms with van der Waals surface area (Å²) < 4.78 is 0. The zero-order valence-corrected chi connectivity index (χ0v) is 12.0. The molecule has 1 aromatic carbocycles. The maximum atomic E-state index is 11.7. The van der Waals surface area contributed by atoms with Gasteiger partial charge in [-0.2, -0.15) is 0 Å². The molecule has 1 N–H and O–H groups in total. The Morgan fingerprint density at radius 1 is 1.37 bits per heavy atom. The first-order valence-electron chi connectivity index (χ1n) is 5.96. The van der Waals surface area contributed by atoms with Crippen LogP contribution >= 0.6 is 23.2 Å². The number of carbonyl (C=O) groups is 2. The normalized spacial score (nSPS) is 19.3. The number of carbonyl (C=O) groups excluding carboxylic acids is 2. The molecule has 2 amide bonds. The number of benzene rings is 1. The third kappa shape index (κ3) is 3.26. The minimum Gasteiger partial charge on any atom is -0.305 e. The highest BCUT2D eigenvalue weighted by molar-refractivity contribution is 6.35. The Hall–Kier alpha value is -1.10. The van der Waals surface area contributed by atoms with Crippen molar-refractivity contribution in [2.45, 2.75) is 18.9 Å². The average Bonchev–Trinajstić information content (AvgIpc) is 2.60. The van der Waals surface area contributed by atoms with Gasteiger partial charge in [-0.15, -0.1) is 0 Å². The monoisotopic (exact) mass is 300 g/mol. The number of rotatable bonds is 4. The van der Waals surface area contributed by atoms with E-state index >= 15 is 0 Å². The lowest BCUT2D eigenvalue weighted by atomic mass is 10.1. The molecule has 4 nitrogen and oxygen atoms in total. The van der Waals surface area contributed by atoms with E-state index in [2.05, 4.69) is 5.32 Å². The van der Waals surface area contributed by atoms with Gasteiger partial charge in [0.15, 0.2) is 0 Å². The van der Waals surface area contributed by atoms with Crippen molar-refractivity contribution in [2.24, 2.45) is 0 Å². The summed E-state index contributed by atoms with van der Waals surface area (Å²) >= 11 is 11.9. The largest absolute Gasteiger partial charge is 0.305 e. The molecular weight excluding hydrogens is 287 g/mol. The molecule has 0 spiro atoms. The van der Waals surface area contributed by atoms with Gasteiger partial charge in [0.25, 0.3) is 0 Å². The van der Waals surface area contributed by atoms with E-state index in [0.717, 1.165) is 10.5 Å². The van der Waals surface area contributed by atoms with E-state index in [-0.39, 0.29) is 18.2 Å². The number of halogens is 2. The van der Waals surface area contributed by atoms with E-state index in [9.17, 15) is 9.59 Å². The van der Waals surface area contributed by atoms with E-state index in [0.29, 0.717) is 23.0 Å². The van der Waals surface area contributed by atoms with Gasteiger partial charge < -0.3 is 5.32 Å². The first kappa shape index (κ1) is 14.3. The average molecular weight is 301 g/mol. The molecule has 1 aliphatic rings. The molecule has 1 atom stereocenters. The van der Waals surface area contributed by atoms with Gasteiger partial charge in [-0.1, -0.05) is 29.3 Å². The van der Waals surface area contributed by atoms with Gasteiger partial charge in [0, 0.05) is 17.1 Å². The van der Waals surface area contributed by atoms with Crippen LogP contribution in [0.1, 0.15) is 12.0 Å². The van der Waals surface area contributed by atoms with Crippen LogP contribution in [0.4, 0.5) is 0 Å². The first-order chi connectivity index (χ1) is 8.99. The summed E-state index contributed by atoms with van der Waals surface area (Å²) in [5.41, 5.74) is 0.962. The Labute approximate surface area is 121 Å². The number of likely N-dealkylation sites (tertiary alicyclic amines) is 1. The van der Waals surface area contributed by atoms with Crippen molar-refractivity contribution in [3.8, 4) is 0 Å². The highest BCUT2D eigenvalue weighted by atomic mass is 35.5. The fourth-order valence-corrected chi connectivity index (χ4v) is 2.52. The number of amides is 2. The van der Waals surface area contributed by atoms with Gasteiger partial charge in [-0.25, -0.2) is 0 Å². The molecule has 1 heterocycles. The minimum atomic E-state index is -0.413. The van der Waals surface area contributed by atoms with Crippen molar-refractivity contribution in [1.82, 2.24) is 10.2 Å². The van der Waals surface area contributed by atoms with Gasteiger partial charge in [0.1, 0.15) is 0 Å². The van der Waals surface area contributed by atoms with Crippen LogP contribution in [0, 0.1) is 0 Å². The highest BCUT2D eigenvalue weighted by Gasteiger charge is 2.35. The molecule has 1 fully saturated rings. The molecule has 1 aliphatic heterocycles. The number of nitrogens with one attached hydrogen (secondary N) is 1. The second kappa shape index (κ2) is 5.90. The van der Waals surface area contributed by atoms with Crippen molar-refractivity contribution in [3.05, 3.63) is 33.8 Å². The predicted octanol–water partition coefficient (Wildman–Crippen LogP) is 1.88. The predicted molar refractivity (Wildman–Crippen MR) is 74.4 cm³/mol. The van der Waals surface area contributed by atoms with E-state index in [1.165, 1.54) is 7.05 Å². The number of likely N-dealkylation sites (N-methyl/N-ethyl adjacent to an activating group) is 1. The maximum Gasteiger partial charge on any atom is 0.246 e. The minimum absolute atomic E-state index is 0.146. The Kier molecular flexibility index (Phi) is 4.45. The molecule has 0 radical (unpaired) electrons. The summed E-state index contributed by atoms with van der Waals surface area (Å²) in [5, 5.41) is 4.29. The third-order valence-corrected chi connectivity index (χ3v) is 3.77.